The first kappa shape index (κ1) is 15.2. The van der Waals surface area contributed by atoms with Gasteiger partial charge in [0, 0.05) is 0 Å². The number of hydrogen-bond acceptors (Lipinski definition) is 6. The van der Waals surface area contributed by atoms with Crippen LogP contribution in [0, 0.1) is 23.7 Å². The first-order valence-electron chi connectivity index (χ1n) is 8.05. The fourth-order valence-electron chi connectivity index (χ4n) is 3.77. The molecule has 1 aliphatic carbocycles. The molecule has 3 fully saturated rings. The maximum atomic E-state index is 11.8. The van der Waals surface area contributed by atoms with Crippen molar-refractivity contribution in [2.45, 2.75) is 51.4 Å². The van der Waals surface area contributed by atoms with Gasteiger partial charge in [-0.3, -0.25) is 19.2 Å². The lowest BCUT2D eigenvalue weighted by Gasteiger charge is -2.30. The summed E-state index contributed by atoms with van der Waals surface area (Å²) < 4.78 is 9.71. The molecule has 0 N–H and O–H groups in total. The smallest absolute Gasteiger partial charge is 0.316 e. The van der Waals surface area contributed by atoms with E-state index in [1.54, 1.807) is 0 Å². The van der Waals surface area contributed by atoms with Crippen LogP contribution in [-0.2, 0) is 28.7 Å². The Labute approximate surface area is 128 Å². The number of esters is 4. The summed E-state index contributed by atoms with van der Waals surface area (Å²) in [5.41, 5.74) is 0. The molecule has 4 bridgehead atoms. The highest BCUT2D eigenvalue weighted by atomic mass is 16.6. The Kier molecular flexibility index (Phi) is 4.27. The van der Waals surface area contributed by atoms with Gasteiger partial charge in [0.2, 0.25) is 0 Å². The third-order valence-corrected chi connectivity index (χ3v) is 5.08. The molecular weight excluding hydrogens is 288 g/mol. The largest absolute Gasteiger partial charge is 0.393 e. The third-order valence-electron chi connectivity index (χ3n) is 5.08. The van der Waals surface area contributed by atoms with Gasteiger partial charge in [-0.2, -0.15) is 0 Å². The number of rotatable bonds is 0. The summed E-state index contributed by atoms with van der Waals surface area (Å²) in [4.78, 5) is 47.1. The van der Waals surface area contributed by atoms with Gasteiger partial charge in [0.25, 0.3) is 0 Å². The summed E-state index contributed by atoms with van der Waals surface area (Å²) in [5, 5.41) is 0. The van der Waals surface area contributed by atoms with Crippen molar-refractivity contribution < 1.29 is 28.7 Å². The SMILES string of the molecule is O=C1OC(=O)C2CCCC3CC(CCCC1C2)C(=O)OC3=O. The molecule has 22 heavy (non-hydrogen) atoms. The molecule has 0 aromatic rings. The highest BCUT2D eigenvalue weighted by Gasteiger charge is 2.40. The van der Waals surface area contributed by atoms with Gasteiger partial charge in [-0.15, -0.1) is 0 Å². The van der Waals surface area contributed by atoms with Crippen LogP contribution in [-0.4, -0.2) is 23.9 Å². The maximum Gasteiger partial charge on any atom is 0.316 e. The zero-order chi connectivity index (χ0) is 15.7. The average molecular weight is 308 g/mol. The Morgan fingerprint density at radius 1 is 0.545 bits per heavy atom. The van der Waals surface area contributed by atoms with Crippen molar-refractivity contribution in [3.63, 3.8) is 0 Å². The third kappa shape index (κ3) is 3.05. The van der Waals surface area contributed by atoms with E-state index in [0.717, 1.165) is 0 Å². The van der Waals surface area contributed by atoms with Crippen LogP contribution in [0.2, 0.25) is 0 Å². The van der Waals surface area contributed by atoms with Gasteiger partial charge in [-0.1, -0.05) is 12.8 Å². The van der Waals surface area contributed by atoms with E-state index < -0.39 is 23.9 Å². The van der Waals surface area contributed by atoms with Gasteiger partial charge >= 0.3 is 23.9 Å². The van der Waals surface area contributed by atoms with Crippen LogP contribution in [0.1, 0.15) is 51.4 Å². The quantitative estimate of drug-likeness (QED) is 0.500. The number of fused-ring (bicyclic) bond motifs is 4. The molecule has 6 nitrogen and oxygen atoms in total. The van der Waals surface area contributed by atoms with Crippen molar-refractivity contribution >= 4 is 23.9 Å². The molecule has 2 heterocycles. The molecule has 0 radical (unpaired) electrons. The van der Waals surface area contributed by atoms with Crippen molar-refractivity contribution in [1.82, 2.24) is 0 Å². The van der Waals surface area contributed by atoms with Crippen LogP contribution in [0.5, 0.6) is 0 Å². The second-order valence-electron chi connectivity index (χ2n) is 6.60. The number of ether oxygens (including phenoxy) is 2. The van der Waals surface area contributed by atoms with Gasteiger partial charge in [0.15, 0.2) is 0 Å². The van der Waals surface area contributed by atoms with Crippen molar-refractivity contribution in [3.8, 4) is 0 Å². The van der Waals surface area contributed by atoms with Gasteiger partial charge in [0.05, 0.1) is 23.7 Å². The molecule has 120 valence electrons. The van der Waals surface area contributed by atoms with E-state index in [9.17, 15) is 19.2 Å². The van der Waals surface area contributed by atoms with Crippen molar-refractivity contribution in [2.75, 3.05) is 0 Å². The fraction of sp³-hybridized carbons (Fsp3) is 0.750. The minimum atomic E-state index is -0.433. The second kappa shape index (κ2) is 6.18. The Morgan fingerprint density at radius 2 is 0.818 bits per heavy atom. The lowest BCUT2D eigenvalue weighted by Crippen LogP contribution is -2.37. The highest BCUT2D eigenvalue weighted by molar-refractivity contribution is 5.91. The van der Waals surface area contributed by atoms with Gasteiger partial charge < -0.3 is 9.47 Å². The molecular formula is C16H20O6. The normalized spacial score (nSPS) is 36.7. The molecule has 2 aliphatic heterocycles. The zero-order valence-electron chi connectivity index (χ0n) is 12.4. The summed E-state index contributed by atoms with van der Waals surface area (Å²) in [7, 11) is 0. The molecule has 0 aromatic heterocycles. The lowest BCUT2D eigenvalue weighted by atomic mass is 9.80. The van der Waals surface area contributed by atoms with Gasteiger partial charge in [-0.05, 0) is 38.5 Å². The summed E-state index contributed by atoms with van der Waals surface area (Å²) in [6, 6.07) is 0. The van der Waals surface area contributed by atoms with E-state index in [-0.39, 0.29) is 23.7 Å². The summed E-state index contributed by atoms with van der Waals surface area (Å²) >= 11 is 0. The minimum absolute atomic E-state index is 0.251. The Balaban J connectivity index is 1.72. The number of carbonyl (C=O) groups excluding carboxylic acids is 4. The van der Waals surface area contributed by atoms with E-state index in [1.165, 1.54) is 0 Å². The first-order valence-corrected chi connectivity index (χ1v) is 8.05. The predicted molar refractivity (Wildman–Crippen MR) is 73.1 cm³/mol. The number of carbonyl (C=O) groups is 4. The monoisotopic (exact) mass is 308 g/mol. The molecule has 0 aromatic carbocycles. The standard InChI is InChI=1S/C16H20O6/c17-13-9-3-1-4-10-8-12(16(20)22-14(10)18)6-2-5-11(7-9)15(19)21-13/h9-12H,1-8H2. The lowest BCUT2D eigenvalue weighted by molar-refractivity contribution is -0.172. The molecule has 2 saturated heterocycles. The van der Waals surface area contributed by atoms with Crippen LogP contribution in [0.25, 0.3) is 0 Å². The van der Waals surface area contributed by atoms with Crippen LogP contribution in [0.4, 0.5) is 0 Å². The first-order chi connectivity index (χ1) is 10.5. The average Bonchev–Trinajstić information content (AvgIpc) is 2.45. The Morgan fingerprint density at radius 3 is 1.09 bits per heavy atom. The Hall–Kier alpha value is -1.72. The van der Waals surface area contributed by atoms with E-state index in [2.05, 4.69) is 0 Å². The van der Waals surface area contributed by atoms with Crippen LogP contribution in [0.3, 0.4) is 0 Å². The van der Waals surface area contributed by atoms with Crippen LogP contribution >= 0.6 is 0 Å². The molecule has 3 aliphatic rings. The molecule has 0 spiro atoms. The fourth-order valence-corrected chi connectivity index (χ4v) is 3.77. The van der Waals surface area contributed by atoms with E-state index in [1.807, 2.05) is 0 Å². The topological polar surface area (TPSA) is 86.7 Å². The van der Waals surface area contributed by atoms with E-state index >= 15 is 0 Å². The molecule has 0 amide bonds. The Bertz CT molecular complexity index is 425. The van der Waals surface area contributed by atoms with Crippen LogP contribution in [0.15, 0.2) is 0 Å². The maximum absolute atomic E-state index is 11.8. The molecule has 1 saturated carbocycles. The van der Waals surface area contributed by atoms with Gasteiger partial charge in [-0.25, -0.2) is 0 Å². The molecule has 4 unspecified atom stereocenters. The van der Waals surface area contributed by atoms with Gasteiger partial charge in [0.1, 0.15) is 0 Å². The summed E-state index contributed by atoms with van der Waals surface area (Å²) in [6.07, 6.45) is 4.92. The van der Waals surface area contributed by atoms with Crippen molar-refractivity contribution in [1.29, 1.82) is 0 Å². The van der Waals surface area contributed by atoms with E-state index in [0.29, 0.717) is 51.4 Å². The molecule has 3 rings (SSSR count). The predicted octanol–water partition coefficient (Wildman–Crippen LogP) is 1.75. The minimum Gasteiger partial charge on any atom is -0.393 e. The van der Waals surface area contributed by atoms with Crippen LogP contribution < -0.4 is 0 Å². The van der Waals surface area contributed by atoms with Crippen molar-refractivity contribution in [3.05, 3.63) is 0 Å². The summed E-state index contributed by atoms with van der Waals surface area (Å²) in [5.74, 6) is -2.73. The second-order valence-corrected chi connectivity index (χ2v) is 6.60. The number of hydrogen-bond donors (Lipinski definition) is 0. The molecule has 4 atom stereocenters. The molecule has 6 heteroatoms. The highest BCUT2D eigenvalue weighted by Crippen LogP contribution is 2.35. The van der Waals surface area contributed by atoms with Crippen molar-refractivity contribution in [2.24, 2.45) is 23.7 Å². The summed E-state index contributed by atoms with van der Waals surface area (Å²) in [6.45, 7) is 0. The van der Waals surface area contributed by atoms with E-state index in [4.69, 9.17) is 9.47 Å². The number of cyclic esters (lactones) is 4. The zero-order valence-corrected chi connectivity index (χ0v) is 12.4.